The van der Waals surface area contributed by atoms with Crippen molar-refractivity contribution in [3.8, 4) is 0 Å². The highest BCUT2D eigenvalue weighted by Crippen LogP contribution is 2.19. The van der Waals surface area contributed by atoms with E-state index < -0.39 is 12.1 Å². The lowest BCUT2D eigenvalue weighted by Crippen LogP contribution is -2.63. The Morgan fingerprint density at radius 3 is 2.75 bits per heavy atom. The standard InChI is InChI=1S/C15H21N3O2/c1-4-10(2)13-15(20)18(11(3)14(19)17-13)9-12-7-5-6-8-16-12/h5-8,10-11,13H,4,9H2,1-3H3,(H,17,19). The average molecular weight is 275 g/mol. The fourth-order valence-electron chi connectivity index (χ4n) is 2.35. The molecular formula is C15H21N3O2. The highest BCUT2D eigenvalue weighted by atomic mass is 16.2. The van der Waals surface area contributed by atoms with Crippen LogP contribution in [0.25, 0.3) is 0 Å². The van der Waals surface area contributed by atoms with E-state index in [9.17, 15) is 9.59 Å². The second-order valence-electron chi connectivity index (χ2n) is 5.33. The number of hydrogen-bond acceptors (Lipinski definition) is 3. The van der Waals surface area contributed by atoms with Crippen LogP contribution in [-0.4, -0.2) is 33.8 Å². The molecule has 1 aliphatic heterocycles. The number of rotatable bonds is 4. The van der Waals surface area contributed by atoms with E-state index >= 15 is 0 Å². The Labute approximate surface area is 119 Å². The van der Waals surface area contributed by atoms with E-state index in [1.807, 2.05) is 32.0 Å². The lowest BCUT2D eigenvalue weighted by molar-refractivity contribution is -0.150. The number of hydrogen-bond donors (Lipinski definition) is 1. The van der Waals surface area contributed by atoms with Crippen LogP contribution in [0.2, 0.25) is 0 Å². The predicted octanol–water partition coefficient (Wildman–Crippen LogP) is 1.34. The van der Waals surface area contributed by atoms with Crippen LogP contribution in [0, 0.1) is 5.92 Å². The molecule has 5 nitrogen and oxygen atoms in total. The molecule has 1 saturated heterocycles. The third kappa shape index (κ3) is 2.81. The number of amides is 2. The summed E-state index contributed by atoms with van der Waals surface area (Å²) in [5.74, 6) is 0.0214. The summed E-state index contributed by atoms with van der Waals surface area (Å²) in [4.78, 5) is 30.5. The molecule has 0 aliphatic carbocycles. The molecule has 1 N–H and O–H groups in total. The largest absolute Gasteiger partial charge is 0.342 e. The van der Waals surface area contributed by atoms with Crippen LogP contribution in [-0.2, 0) is 16.1 Å². The molecule has 1 aromatic rings. The minimum Gasteiger partial charge on any atom is -0.342 e. The number of pyridine rings is 1. The predicted molar refractivity (Wildman–Crippen MR) is 75.6 cm³/mol. The van der Waals surface area contributed by atoms with Gasteiger partial charge in [0, 0.05) is 6.20 Å². The molecule has 3 atom stereocenters. The summed E-state index contributed by atoms with van der Waals surface area (Å²) in [6, 6.07) is 4.70. The normalized spacial score (nSPS) is 24.4. The summed E-state index contributed by atoms with van der Waals surface area (Å²) in [6.45, 7) is 6.13. The van der Waals surface area contributed by atoms with E-state index in [1.54, 1.807) is 18.0 Å². The van der Waals surface area contributed by atoms with Gasteiger partial charge < -0.3 is 10.2 Å². The summed E-state index contributed by atoms with van der Waals surface area (Å²) in [6.07, 6.45) is 2.54. The van der Waals surface area contributed by atoms with Crippen molar-refractivity contribution < 1.29 is 9.59 Å². The lowest BCUT2D eigenvalue weighted by Gasteiger charge is -2.39. The highest BCUT2D eigenvalue weighted by molar-refractivity contribution is 5.96. The molecule has 0 saturated carbocycles. The molecule has 2 amide bonds. The van der Waals surface area contributed by atoms with Crippen molar-refractivity contribution in [2.75, 3.05) is 0 Å². The van der Waals surface area contributed by atoms with Gasteiger partial charge in [0.2, 0.25) is 11.8 Å². The number of carbonyl (C=O) groups excluding carboxylic acids is 2. The van der Waals surface area contributed by atoms with Crippen LogP contribution < -0.4 is 5.32 Å². The van der Waals surface area contributed by atoms with E-state index in [0.29, 0.717) is 6.54 Å². The van der Waals surface area contributed by atoms with Gasteiger partial charge in [-0.3, -0.25) is 14.6 Å². The zero-order valence-electron chi connectivity index (χ0n) is 12.2. The zero-order chi connectivity index (χ0) is 14.7. The van der Waals surface area contributed by atoms with Gasteiger partial charge in [-0.2, -0.15) is 0 Å². The van der Waals surface area contributed by atoms with Crippen LogP contribution in [0.4, 0.5) is 0 Å². The van der Waals surface area contributed by atoms with E-state index in [-0.39, 0.29) is 17.7 Å². The van der Waals surface area contributed by atoms with E-state index in [1.165, 1.54) is 0 Å². The lowest BCUT2D eigenvalue weighted by atomic mass is 9.94. The summed E-state index contributed by atoms with van der Waals surface area (Å²) >= 11 is 0. The van der Waals surface area contributed by atoms with Crippen molar-refractivity contribution in [2.45, 2.75) is 45.8 Å². The Hall–Kier alpha value is -1.91. The Bertz CT molecular complexity index is 489. The first-order valence-corrected chi connectivity index (χ1v) is 7.05. The third-order valence-electron chi connectivity index (χ3n) is 3.97. The first-order valence-electron chi connectivity index (χ1n) is 7.05. The number of nitrogens with zero attached hydrogens (tertiary/aromatic N) is 2. The smallest absolute Gasteiger partial charge is 0.246 e. The van der Waals surface area contributed by atoms with Gasteiger partial charge in [-0.05, 0) is 25.0 Å². The monoisotopic (exact) mass is 275 g/mol. The summed E-state index contributed by atoms with van der Waals surface area (Å²) in [5.41, 5.74) is 0.797. The molecule has 1 aliphatic rings. The average Bonchev–Trinajstić information content (AvgIpc) is 2.47. The van der Waals surface area contributed by atoms with Crippen LogP contribution in [0.3, 0.4) is 0 Å². The van der Waals surface area contributed by atoms with Crippen molar-refractivity contribution in [1.82, 2.24) is 15.2 Å². The molecule has 20 heavy (non-hydrogen) atoms. The van der Waals surface area contributed by atoms with Crippen LogP contribution in [0.15, 0.2) is 24.4 Å². The third-order valence-corrected chi connectivity index (χ3v) is 3.97. The summed E-state index contributed by atoms with van der Waals surface area (Å²) in [7, 11) is 0. The molecule has 0 aromatic carbocycles. The number of nitrogens with one attached hydrogen (secondary N) is 1. The van der Waals surface area contributed by atoms with Gasteiger partial charge in [0.15, 0.2) is 0 Å². The van der Waals surface area contributed by atoms with E-state index in [4.69, 9.17) is 0 Å². The summed E-state index contributed by atoms with van der Waals surface area (Å²) in [5, 5.41) is 2.83. The molecule has 0 spiro atoms. The van der Waals surface area contributed by atoms with Crippen molar-refractivity contribution >= 4 is 11.8 Å². The Balaban J connectivity index is 2.20. The number of piperazine rings is 1. The molecule has 2 rings (SSSR count). The molecule has 1 aromatic heterocycles. The Morgan fingerprint density at radius 1 is 1.40 bits per heavy atom. The number of carbonyl (C=O) groups is 2. The zero-order valence-corrected chi connectivity index (χ0v) is 12.2. The SMILES string of the molecule is CCC(C)C1NC(=O)C(C)N(Cc2ccccn2)C1=O. The van der Waals surface area contributed by atoms with Gasteiger partial charge in [0.1, 0.15) is 12.1 Å². The van der Waals surface area contributed by atoms with Gasteiger partial charge >= 0.3 is 0 Å². The fraction of sp³-hybridized carbons (Fsp3) is 0.533. The van der Waals surface area contributed by atoms with Gasteiger partial charge in [0.25, 0.3) is 0 Å². The van der Waals surface area contributed by atoms with Crippen molar-refractivity contribution in [3.63, 3.8) is 0 Å². The van der Waals surface area contributed by atoms with Crippen LogP contribution >= 0.6 is 0 Å². The maximum atomic E-state index is 12.6. The Kier molecular flexibility index (Phi) is 4.37. The highest BCUT2D eigenvalue weighted by Gasteiger charge is 2.40. The van der Waals surface area contributed by atoms with E-state index in [0.717, 1.165) is 12.1 Å². The molecule has 3 unspecified atom stereocenters. The minimum absolute atomic E-state index is 0.0166. The second-order valence-corrected chi connectivity index (χ2v) is 5.33. The molecule has 1 fully saturated rings. The molecule has 0 bridgehead atoms. The van der Waals surface area contributed by atoms with Gasteiger partial charge in [-0.15, -0.1) is 0 Å². The van der Waals surface area contributed by atoms with Gasteiger partial charge in [-0.25, -0.2) is 0 Å². The van der Waals surface area contributed by atoms with Gasteiger partial charge in [0.05, 0.1) is 12.2 Å². The first kappa shape index (κ1) is 14.5. The molecule has 5 heteroatoms. The molecule has 0 radical (unpaired) electrons. The van der Waals surface area contributed by atoms with Crippen molar-refractivity contribution in [1.29, 1.82) is 0 Å². The molecule has 2 heterocycles. The van der Waals surface area contributed by atoms with Crippen LogP contribution in [0.1, 0.15) is 32.9 Å². The quantitative estimate of drug-likeness (QED) is 0.902. The first-order chi connectivity index (χ1) is 9.54. The topological polar surface area (TPSA) is 62.3 Å². The molecule has 108 valence electrons. The maximum Gasteiger partial charge on any atom is 0.246 e. The van der Waals surface area contributed by atoms with Gasteiger partial charge in [-0.1, -0.05) is 26.3 Å². The second kappa shape index (κ2) is 6.03. The van der Waals surface area contributed by atoms with Crippen molar-refractivity contribution in [2.24, 2.45) is 5.92 Å². The maximum absolute atomic E-state index is 12.6. The van der Waals surface area contributed by atoms with Crippen LogP contribution in [0.5, 0.6) is 0 Å². The van der Waals surface area contributed by atoms with Crippen molar-refractivity contribution in [3.05, 3.63) is 30.1 Å². The molecular weight excluding hydrogens is 254 g/mol. The minimum atomic E-state index is -0.454. The summed E-state index contributed by atoms with van der Waals surface area (Å²) < 4.78 is 0. The van der Waals surface area contributed by atoms with E-state index in [2.05, 4.69) is 10.3 Å². The Morgan fingerprint density at radius 2 is 2.15 bits per heavy atom. The number of aromatic nitrogens is 1. The fourth-order valence-corrected chi connectivity index (χ4v) is 2.35.